The third-order valence-corrected chi connectivity index (χ3v) is 7.35. The Morgan fingerprint density at radius 2 is 1.79 bits per heavy atom. The van der Waals surface area contributed by atoms with Crippen LogP contribution in [0.2, 0.25) is 0 Å². The number of nitrogens with zero attached hydrogens (tertiary/aromatic N) is 5. The van der Waals surface area contributed by atoms with Crippen LogP contribution in [0.25, 0.3) is 0 Å². The first-order valence-corrected chi connectivity index (χ1v) is 11.0. The Morgan fingerprint density at radius 1 is 1.10 bits per heavy atom. The van der Waals surface area contributed by atoms with E-state index in [0.717, 1.165) is 52.0 Å². The van der Waals surface area contributed by atoms with Crippen molar-refractivity contribution in [1.82, 2.24) is 19.8 Å². The quantitative estimate of drug-likeness (QED) is 0.776. The van der Waals surface area contributed by atoms with Gasteiger partial charge in [0.2, 0.25) is 17.8 Å². The number of likely N-dealkylation sites (tertiary alicyclic amines) is 2. The Labute approximate surface area is 173 Å². The van der Waals surface area contributed by atoms with Crippen LogP contribution in [0.5, 0.6) is 0 Å². The fourth-order valence-corrected chi connectivity index (χ4v) is 5.74. The van der Waals surface area contributed by atoms with Gasteiger partial charge in [-0.1, -0.05) is 13.8 Å². The van der Waals surface area contributed by atoms with Gasteiger partial charge in [0.1, 0.15) is 0 Å². The number of hydrogen-bond acceptors (Lipinski definition) is 5. The number of hydrogen-bond donors (Lipinski definition) is 0. The maximum absolute atomic E-state index is 13.5. The predicted molar refractivity (Wildman–Crippen MR) is 111 cm³/mol. The molecule has 3 aliphatic heterocycles. The second-order valence-electron chi connectivity index (χ2n) is 9.38. The van der Waals surface area contributed by atoms with Crippen molar-refractivity contribution in [2.45, 2.75) is 46.5 Å². The third kappa shape index (κ3) is 3.28. The lowest BCUT2D eigenvalue weighted by atomic mass is 9.60. The van der Waals surface area contributed by atoms with Crippen molar-refractivity contribution >= 4 is 17.8 Å². The molecule has 4 heterocycles. The van der Waals surface area contributed by atoms with Crippen LogP contribution >= 0.6 is 0 Å². The van der Waals surface area contributed by atoms with Gasteiger partial charge in [-0.25, -0.2) is 9.97 Å². The fraction of sp³-hybridized carbons (Fsp3) is 0.727. The number of amides is 2. The summed E-state index contributed by atoms with van der Waals surface area (Å²) >= 11 is 0. The minimum absolute atomic E-state index is 0.109. The average molecular weight is 400 g/mol. The molecule has 0 saturated carbocycles. The molecule has 29 heavy (non-hydrogen) atoms. The van der Waals surface area contributed by atoms with Crippen LogP contribution in [-0.4, -0.2) is 70.9 Å². The van der Waals surface area contributed by atoms with E-state index in [-0.39, 0.29) is 16.7 Å². The van der Waals surface area contributed by atoms with Gasteiger partial charge in [0.15, 0.2) is 0 Å². The van der Waals surface area contributed by atoms with Gasteiger partial charge in [-0.2, -0.15) is 0 Å². The first kappa shape index (κ1) is 20.1. The molecule has 0 unspecified atom stereocenters. The summed E-state index contributed by atoms with van der Waals surface area (Å²) < 4.78 is 0. The Bertz CT molecular complexity index is 760. The summed E-state index contributed by atoms with van der Waals surface area (Å²) in [4.78, 5) is 41.3. The standard InChI is InChI=1S/C22H33N5O2/c1-4-25-13-8-22(19(25)29)16-27(20-23-9-5-10-24-20)15-21(22)6-11-26(12-7-21)18(28)14-17(2)3/h5,9-10,17H,4,6-8,11-16H2,1-3H3/t22-/m0/s1. The van der Waals surface area contributed by atoms with Crippen LogP contribution in [0.15, 0.2) is 18.5 Å². The van der Waals surface area contributed by atoms with E-state index < -0.39 is 0 Å². The SMILES string of the molecule is CCN1CC[C@]2(CN(c3ncccn3)CC23CCN(C(=O)CC(C)C)CC3)C1=O. The monoisotopic (exact) mass is 399 g/mol. The highest BCUT2D eigenvalue weighted by Crippen LogP contribution is 2.58. The lowest BCUT2D eigenvalue weighted by molar-refractivity contribution is -0.144. The summed E-state index contributed by atoms with van der Waals surface area (Å²) in [5, 5.41) is 0. The van der Waals surface area contributed by atoms with Crippen molar-refractivity contribution in [2.75, 3.05) is 44.2 Å². The number of carbonyl (C=O) groups is 2. The van der Waals surface area contributed by atoms with Crippen molar-refractivity contribution in [3.05, 3.63) is 18.5 Å². The van der Waals surface area contributed by atoms with Gasteiger partial charge in [0.05, 0.1) is 5.41 Å². The molecular weight excluding hydrogens is 366 g/mol. The van der Waals surface area contributed by atoms with Gasteiger partial charge in [0.25, 0.3) is 0 Å². The van der Waals surface area contributed by atoms with E-state index in [1.165, 1.54) is 0 Å². The van der Waals surface area contributed by atoms with Crippen LogP contribution in [0.1, 0.15) is 46.5 Å². The predicted octanol–water partition coefficient (Wildman–Crippen LogP) is 2.19. The van der Waals surface area contributed by atoms with E-state index >= 15 is 0 Å². The minimum Gasteiger partial charge on any atom is -0.343 e. The van der Waals surface area contributed by atoms with Crippen LogP contribution in [-0.2, 0) is 9.59 Å². The molecule has 4 rings (SSSR count). The summed E-state index contributed by atoms with van der Waals surface area (Å²) in [6.07, 6.45) is 6.78. The molecule has 158 valence electrons. The highest BCUT2D eigenvalue weighted by Gasteiger charge is 2.65. The first-order chi connectivity index (χ1) is 13.9. The lowest BCUT2D eigenvalue weighted by Crippen LogP contribution is -2.53. The highest BCUT2D eigenvalue weighted by atomic mass is 16.2. The normalized spacial score (nSPS) is 26.3. The van der Waals surface area contributed by atoms with Crippen LogP contribution in [0.3, 0.4) is 0 Å². The largest absolute Gasteiger partial charge is 0.343 e. The molecule has 7 nitrogen and oxygen atoms in total. The van der Waals surface area contributed by atoms with E-state index in [0.29, 0.717) is 30.7 Å². The number of aromatic nitrogens is 2. The molecule has 3 aliphatic rings. The van der Waals surface area contributed by atoms with Crippen molar-refractivity contribution < 1.29 is 9.59 Å². The van der Waals surface area contributed by atoms with Crippen molar-refractivity contribution in [1.29, 1.82) is 0 Å². The summed E-state index contributed by atoms with van der Waals surface area (Å²) in [7, 11) is 0. The second kappa shape index (κ2) is 7.58. The molecule has 2 amide bonds. The summed E-state index contributed by atoms with van der Waals surface area (Å²) in [5.41, 5.74) is -0.489. The van der Waals surface area contributed by atoms with Crippen molar-refractivity contribution in [3.63, 3.8) is 0 Å². The van der Waals surface area contributed by atoms with E-state index in [1.807, 2.05) is 15.9 Å². The average Bonchev–Trinajstić information content (AvgIpc) is 3.21. The summed E-state index contributed by atoms with van der Waals surface area (Å²) in [6, 6.07) is 1.82. The summed E-state index contributed by atoms with van der Waals surface area (Å²) in [5.74, 6) is 1.62. The fourth-order valence-electron chi connectivity index (χ4n) is 5.74. The zero-order valence-corrected chi connectivity index (χ0v) is 17.9. The van der Waals surface area contributed by atoms with E-state index in [4.69, 9.17) is 0 Å². The number of rotatable bonds is 4. The Kier molecular flexibility index (Phi) is 5.25. The maximum atomic E-state index is 13.5. The van der Waals surface area contributed by atoms with E-state index in [9.17, 15) is 9.59 Å². The Balaban J connectivity index is 1.60. The molecule has 2 spiro atoms. The number of piperidine rings is 1. The molecule has 3 fully saturated rings. The zero-order chi connectivity index (χ0) is 20.6. The molecule has 3 saturated heterocycles. The van der Waals surface area contributed by atoms with Gasteiger partial charge in [-0.3, -0.25) is 9.59 Å². The van der Waals surface area contributed by atoms with Crippen LogP contribution < -0.4 is 4.90 Å². The van der Waals surface area contributed by atoms with Crippen molar-refractivity contribution in [3.8, 4) is 0 Å². The number of anilines is 1. The highest BCUT2D eigenvalue weighted by molar-refractivity contribution is 5.87. The molecule has 0 radical (unpaired) electrons. The topological polar surface area (TPSA) is 69.6 Å². The van der Waals surface area contributed by atoms with Gasteiger partial charge >= 0.3 is 0 Å². The van der Waals surface area contributed by atoms with Crippen LogP contribution in [0, 0.1) is 16.7 Å². The van der Waals surface area contributed by atoms with Gasteiger partial charge < -0.3 is 14.7 Å². The van der Waals surface area contributed by atoms with Gasteiger partial charge in [0, 0.05) is 63.5 Å². The molecule has 7 heteroatoms. The minimum atomic E-state index is -0.380. The van der Waals surface area contributed by atoms with E-state index in [1.54, 1.807) is 12.4 Å². The number of fused-ring (bicyclic) bond motifs is 1. The summed E-state index contributed by atoms with van der Waals surface area (Å²) in [6.45, 7) is 10.8. The van der Waals surface area contributed by atoms with Crippen molar-refractivity contribution in [2.24, 2.45) is 16.7 Å². The molecule has 1 aromatic rings. The zero-order valence-electron chi connectivity index (χ0n) is 17.9. The molecular formula is C22H33N5O2. The smallest absolute Gasteiger partial charge is 0.231 e. The maximum Gasteiger partial charge on any atom is 0.231 e. The second-order valence-corrected chi connectivity index (χ2v) is 9.38. The third-order valence-electron chi connectivity index (χ3n) is 7.35. The molecule has 0 aromatic carbocycles. The molecule has 1 atom stereocenters. The number of carbonyl (C=O) groups excluding carboxylic acids is 2. The Morgan fingerprint density at radius 3 is 2.38 bits per heavy atom. The molecule has 0 N–H and O–H groups in total. The molecule has 0 aliphatic carbocycles. The molecule has 1 aromatic heterocycles. The van der Waals surface area contributed by atoms with Gasteiger partial charge in [-0.05, 0) is 38.2 Å². The Hall–Kier alpha value is -2.18. The lowest BCUT2D eigenvalue weighted by Gasteiger charge is -2.46. The van der Waals surface area contributed by atoms with E-state index in [2.05, 4.69) is 35.6 Å². The first-order valence-electron chi connectivity index (χ1n) is 11.0. The van der Waals surface area contributed by atoms with Crippen LogP contribution in [0.4, 0.5) is 5.95 Å². The molecule has 0 bridgehead atoms. The van der Waals surface area contributed by atoms with Gasteiger partial charge in [-0.15, -0.1) is 0 Å².